The zero-order valence-electron chi connectivity index (χ0n) is 13.5. The molecule has 5 heteroatoms. The lowest BCUT2D eigenvalue weighted by Gasteiger charge is -2.12. The van der Waals surface area contributed by atoms with Crippen LogP contribution in [0.3, 0.4) is 0 Å². The van der Waals surface area contributed by atoms with E-state index in [-0.39, 0.29) is 6.03 Å². The number of carbonyl (C=O) groups is 1. The maximum Gasteiger partial charge on any atom is 0.319 e. The molecule has 2 amide bonds. The Morgan fingerprint density at radius 1 is 1.04 bits per heavy atom. The Morgan fingerprint density at radius 2 is 1.78 bits per heavy atom. The van der Waals surface area contributed by atoms with Crippen LogP contribution in [0.1, 0.15) is 12.5 Å². The number of aryl methyl sites for hydroxylation is 1. The fourth-order valence-electron chi connectivity index (χ4n) is 1.99. The Morgan fingerprint density at radius 3 is 2.52 bits per heavy atom. The van der Waals surface area contributed by atoms with Gasteiger partial charge in [0, 0.05) is 0 Å². The number of hydrogen-bond acceptors (Lipinski definition) is 3. The average molecular weight is 314 g/mol. The van der Waals surface area contributed by atoms with Crippen molar-refractivity contribution in [3.05, 3.63) is 54.1 Å². The number of nitrogens with one attached hydrogen (secondary N) is 2. The second-order valence-corrected chi connectivity index (χ2v) is 4.97. The van der Waals surface area contributed by atoms with Crippen molar-refractivity contribution in [3.8, 4) is 11.5 Å². The molecule has 0 fully saturated rings. The molecule has 0 saturated carbocycles. The summed E-state index contributed by atoms with van der Waals surface area (Å²) in [6.07, 6.45) is 0. The predicted molar refractivity (Wildman–Crippen MR) is 91.3 cm³/mol. The van der Waals surface area contributed by atoms with Crippen LogP contribution in [0.15, 0.2) is 48.5 Å². The van der Waals surface area contributed by atoms with Crippen molar-refractivity contribution >= 4 is 11.7 Å². The van der Waals surface area contributed by atoms with Crippen molar-refractivity contribution in [2.45, 2.75) is 13.8 Å². The first kappa shape index (κ1) is 16.7. The number of amides is 2. The van der Waals surface area contributed by atoms with Gasteiger partial charge in [0.1, 0.15) is 18.1 Å². The molecule has 122 valence electrons. The zero-order valence-corrected chi connectivity index (χ0v) is 13.5. The number of benzene rings is 2. The van der Waals surface area contributed by atoms with Crippen molar-refractivity contribution in [1.82, 2.24) is 5.32 Å². The number of rotatable bonds is 7. The van der Waals surface area contributed by atoms with Crippen molar-refractivity contribution in [1.29, 1.82) is 0 Å². The fraction of sp³-hybridized carbons (Fsp3) is 0.278. The summed E-state index contributed by atoms with van der Waals surface area (Å²) >= 11 is 0. The largest absolute Gasteiger partial charge is 0.492 e. The molecule has 0 spiro atoms. The Balaban J connectivity index is 1.74. The van der Waals surface area contributed by atoms with Gasteiger partial charge in [0.25, 0.3) is 0 Å². The molecule has 0 aliphatic heterocycles. The van der Waals surface area contributed by atoms with Crippen molar-refractivity contribution in [2.24, 2.45) is 0 Å². The van der Waals surface area contributed by atoms with Gasteiger partial charge in [-0.1, -0.05) is 29.8 Å². The van der Waals surface area contributed by atoms with Crippen molar-refractivity contribution in [3.63, 3.8) is 0 Å². The van der Waals surface area contributed by atoms with E-state index in [1.165, 1.54) is 5.56 Å². The minimum Gasteiger partial charge on any atom is -0.492 e. The molecular weight excluding hydrogens is 292 g/mol. The van der Waals surface area contributed by atoms with Gasteiger partial charge in [0.05, 0.1) is 18.8 Å². The van der Waals surface area contributed by atoms with Crippen LogP contribution in [-0.4, -0.2) is 25.8 Å². The highest BCUT2D eigenvalue weighted by atomic mass is 16.5. The number of para-hydroxylation sites is 2. The Kier molecular flexibility index (Phi) is 6.29. The summed E-state index contributed by atoms with van der Waals surface area (Å²) in [6.45, 7) is 5.29. The molecule has 0 aliphatic carbocycles. The van der Waals surface area contributed by atoms with Gasteiger partial charge in [-0.25, -0.2) is 4.79 Å². The van der Waals surface area contributed by atoms with Gasteiger partial charge in [0.15, 0.2) is 0 Å². The van der Waals surface area contributed by atoms with Crippen LogP contribution in [0.4, 0.5) is 10.5 Å². The van der Waals surface area contributed by atoms with Crippen LogP contribution in [0.2, 0.25) is 0 Å². The van der Waals surface area contributed by atoms with Crippen LogP contribution >= 0.6 is 0 Å². The van der Waals surface area contributed by atoms with Crippen LogP contribution in [-0.2, 0) is 0 Å². The molecule has 0 aromatic heterocycles. The number of urea groups is 1. The summed E-state index contributed by atoms with van der Waals surface area (Å²) in [4.78, 5) is 11.9. The van der Waals surface area contributed by atoms with Gasteiger partial charge in [-0.3, -0.25) is 0 Å². The number of anilines is 1. The van der Waals surface area contributed by atoms with Crippen molar-refractivity contribution in [2.75, 3.05) is 25.1 Å². The summed E-state index contributed by atoms with van der Waals surface area (Å²) < 4.78 is 11.0. The highest BCUT2D eigenvalue weighted by Gasteiger charge is 2.06. The van der Waals surface area contributed by atoms with E-state index >= 15 is 0 Å². The molecule has 0 saturated heterocycles. The van der Waals surface area contributed by atoms with Crippen LogP contribution < -0.4 is 20.1 Å². The Bertz CT molecular complexity index is 626. The van der Waals surface area contributed by atoms with Crippen LogP contribution in [0, 0.1) is 6.92 Å². The molecule has 2 aromatic carbocycles. The van der Waals surface area contributed by atoms with E-state index in [2.05, 4.69) is 10.6 Å². The van der Waals surface area contributed by atoms with Gasteiger partial charge in [-0.2, -0.15) is 0 Å². The smallest absolute Gasteiger partial charge is 0.319 e. The highest BCUT2D eigenvalue weighted by molar-refractivity contribution is 5.90. The molecule has 2 rings (SSSR count). The molecule has 0 aliphatic rings. The van der Waals surface area contributed by atoms with Gasteiger partial charge in [-0.15, -0.1) is 0 Å². The monoisotopic (exact) mass is 314 g/mol. The number of ether oxygens (including phenoxy) is 2. The maximum absolute atomic E-state index is 11.9. The first-order chi connectivity index (χ1) is 11.2. The van der Waals surface area contributed by atoms with E-state index in [1.807, 2.05) is 56.3 Å². The first-order valence-corrected chi connectivity index (χ1v) is 7.65. The molecule has 0 unspecified atom stereocenters. The van der Waals surface area contributed by atoms with E-state index in [0.29, 0.717) is 31.2 Å². The topological polar surface area (TPSA) is 59.6 Å². The van der Waals surface area contributed by atoms with Crippen molar-refractivity contribution < 1.29 is 14.3 Å². The number of carbonyl (C=O) groups excluding carboxylic acids is 1. The lowest BCUT2D eigenvalue weighted by atomic mass is 10.2. The third-order valence-electron chi connectivity index (χ3n) is 3.11. The van der Waals surface area contributed by atoms with E-state index in [9.17, 15) is 4.79 Å². The average Bonchev–Trinajstić information content (AvgIpc) is 2.55. The SMILES string of the molecule is CCOc1ccccc1NC(=O)NCCOc1ccc(C)cc1. The molecule has 0 bridgehead atoms. The fourth-order valence-corrected chi connectivity index (χ4v) is 1.99. The lowest BCUT2D eigenvalue weighted by molar-refractivity contribution is 0.247. The van der Waals surface area contributed by atoms with Crippen LogP contribution in [0.25, 0.3) is 0 Å². The second-order valence-electron chi connectivity index (χ2n) is 4.97. The summed E-state index contributed by atoms with van der Waals surface area (Å²) in [7, 11) is 0. The second kappa shape index (κ2) is 8.68. The van der Waals surface area contributed by atoms with E-state index in [0.717, 1.165) is 5.75 Å². The standard InChI is InChI=1S/C18H22N2O3/c1-3-22-17-7-5-4-6-16(17)20-18(21)19-12-13-23-15-10-8-14(2)9-11-15/h4-11H,3,12-13H2,1-2H3,(H2,19,20,21). The minimum absolute atomic E-state index is 0.287. The Labute approximate surface area is 136 Å². The minimum atomic E-state index is -0.287. The maximum atomic E-state index is 11.9. The van der Waals surface area contributed by atoms with Crippen LogP contribution in [0.5, 0.6) is 11.5 Å². The summed E-state index contributed by atoms with van der Waals surface area (Å²) in [6, 6.07) is 14.8. The normalized spacial score (nSPS) is 10.0. The number of hydrogen-bond donors (Lipinski definition) is 2. The van der Waals surface area contributed by atoms with Gasteiger partial charge in [-0.05, 0) is 38.1 Å². The quantitative estimate of drug-likeness (QED) is 0.768. The molecule has 0 radical (unpaired) electrons. The van der Waals surface area contributed by atoms with Gasteiger partial charge < -0.3 is 20.1 Å². The van der Waals surface area contributed by atoms with E-state index in [4.69, 9.17) is 9.47 Å². The zero-order chi connectivity index (χ0) is 16.5. The molecule has 5 nitrogen and oxygen atoms in total. The van der Waals surface area contributed by atoms with E-state index in [1.54, 1.807) is 6.07 Å². The Hall–Kier alpha value is -2.69. The van der Waals surface area contributed by atoms with E-state index < -0.39 is 0 Å². The third kappa shape index (κ3) is 5.54. The molecular formula is C18H22N2O3. The predicted octanol–water partition coefficient (Wildman–Crippen LogP) is 3.59. The molecule has 2 aromatic rings. The summed E-state index contributed by atoms with van der Waals surface area (Å²) in [5.74, 6) is 1.44. The first-order valence-electron chi connectivity index (χ1n) is 7.65. The molecule has 0 atom stereocenters. The molecule has 23 heavy (non-hydrogen) atoms. The molecule has 0 heterocycles. The third-order valence-corrected chi connectivity index (χ3v) is 3.11. The summed E-state index contributed by atoms with van der Waals surface area (Å²) in [5.41, 5.74) is 1.83. The van der Waals surface area contributed by atoms with Gasteiger partial charge in [0.2, 0.25) is 0 Å². The lowest BCUT2D eigenvalue weighted by Crippen LogP contribution is -2.32. The highest BCUT2D eigenvalue weighted by Crippen LogP contribution is 2.23. The van der Waals surface area contributed by atoms with Gasteiger partial charge >= 0.3 is 6.03 Å². The molecule has 2 N–H and O–H groups in total. The summed E-state index contributed by atoms with van der Waals surface area (Å²) in [5, 5.41) is 5.52.